The molecule has 30 heavy (non-hydrogen) atoms. The van der Waals surface area contributed by atoms with Gasteiger partial charge < -0.3 is 16.2 Å². The van der Waals surface area contributed by atoms with E-state index >= 15 is 0 Å². The fourth-order valence-corrected chi connectivity index (χ4v) is 2.96. The number of carboxylic acids is 1. The van der Waals surface area contributed by atoms with Crippen molar-refractivity contribution in [2.24, 2.45) is 0 Å². The lowest BCUT2D eigenvalue weighted by Gasteiger charge is -2.12. The van der Waals surface area contributed by atoms with Crippen molar-refractivity contribution in [3.63, 3.8) is 0 Å². The van der Waals surface area contributed by atoms with E-state index in [0.29, 0.717) is 33.6 Å². The van der Waals surface area contributed by atoms with E-state index < -0.39 is 12.6 Å². The highest BCUT2D eigenvalue weighted by Gasteiger charge is 2.16. The fourth-order valence-electron chi connectivity index (χ4n) is 2.96. The maximum Gasteiger partial charge on any atom is 0.335 e. The minimum atomic E-state index is -1.09. The third-order valence-electron chi connectivity index (χ3n) is 4.43. The average Bonchev–Trinajstić information content (AvgIpc) is 2.73. The summed E-state index contributed by atoms with van der Waals surface area (Å²) in [5.41, 5.74) is 9.24. The molecule has 3 aromatic rings. The number of nitrogens with zero attached hydrogens (tertiary/aromatic N) is 3. The Kier molecular flexibility index (Phi) is 6.23. The van der Waals surface area contributed by atoms with Crippen molar-refractivity contribution in [2.75, 3.05) is 24.8 Å². The van der Waals surface area contributed by atoms with Crippen LogP contribution in [0.25, 0.3) is 11.3 Å². The Labute approximate surface area is 173 Å². The summed E-state index contributed by atoms with van der Waals surface area (Å²) in [7, 11) is 1.78. The van der Waals surface area contributed by atoms with E-state index in [1.54, 1.807) is 32.3 Å². The predicted molar refractivity (Wildman–Crippen MR) is 113 cm³/mol. The number of benzene rings is 1. The van der Waals surface area contributed by atoms with E-state index in [2.05, 4.69) is 32.1 Å². The lowest BCUT2D eigenvalue weighted by molar-refractivity contribution is 0.0696. The van der Waals surface area contributed by atoms with Gasteiger partial charge in [-0.05, 0) is 36.8 Å². The molecule has 0 radical (unpaired) electrons. The largest absolute Gasteiger partial charge is 0.478 e. The van der Waals surface area contributed by atoms with Gasteiger partial charge >= 0.3 is 5.97 Å². The van der Waals surface area contributed by atoms with Crippen molar-refractivity contribution in [1.82, 2.24) is 15.0 Å². The van der Waals surface area contributed by atoms with Crippen LogP contribution >= 0.6 is 0 Å². The Morgan fingerprint density at radius 2 is 2.03 bits per heavy atom. The number of pyridine rings is 1. The second-order valence-electron chi connectivity index (χ2n) is 6.44. The lowest BCUT2D eigenvalue weighted by atomic mass is 9.96. The summed E-state index contributed by atoms with van der Waals surface area (Å²) in [5, 5.41) is 12.2. The number of aromatic nitrogens is 3. The quantitative estimate of drug-likeness (QED) is 0.559. The monoisotopic (exact) mass is 405 g/mol. The molecule has 3 rings (SSSR count). The molecule has 2 aromatic heterocycles. The summed E-state index contributed by atoms with van der Waals surface area (Å²) in [5.74, 6) is 5.80. The number of rotatable bonds is 5. The SMILES string of the molecule is CNc1ccc(C#Cc2c(C)nc(N)nc2-c2ccc(C(=O)O)cc2CCF)cn1. The van der Waals surface area contributed by atoms with Gasteiger partial charge in [0.2, 0.25) is 5.95 Å². The Balaban J connectivity index is 2.15. The minimum Gasteiger partial charge on any atom is -0.478 e. The molecule has 1 aromatic carbocycles. The highest BCUT2D eigenvalue weighted by molar-refractivity contribution is 5.89. The zero-order valence-corrected chi connectivity index (χ0v) is 16.5. The molecule has 0 fully saturated rings. The molecule has 152 valence electrons. The van der Waals surface area contributed by atoms with Crippen LogP contribution in [-0.4, -0.2) is 39.8 Å². The number of hydrogen-bond donors (Lipinski definition) is 3. The topological polar surface area (TPSA) is 114 Å². The van der Waals surface area contributed by atoms with E-state index in [-0.39, 0.29) is 17.9 Å². The zero-order chi connectivity index (χ0) is 21.7. The van der Waals surface area contributed by atoms with Gasteiger partial charge in [-0.1, -0.05) is 17.9 Å². The molecule has 7 nitrogen and oxygen atoms in total. The minimum absolute atomic E-state index is 0.0433. The summed E-state index contributed by atoms with van der Waals surface area (Å²) in [4.78, 5) is 24.1. The highest BCUT2D eigenvalue weighted by atomic mass is 19.1. The molecule has 4 N–H and O–H groups in total. The predicted octanol–water partition coefficient (Wildman–Crippen LogP) is 3.08. The highest BCUT2D eigenvalue weighted by Crippen LogP contribution is 2.29. The summed E-state index contributed by atoms with van der Waals surface area (Å²) in [6, 6.07) is 8.13. The molecular formula is C22H20FN5O2. The summed E-state index contributed by atoms with van der Waals surface area (Å²) < 4.78 is 13.2. The first-order valence-electron chi connectivity index (χ1n) is 9.15. The second kappa shape index (κ2) is 9.01. The van der Waals surface area contributed by atoms with E-state index in [1.807, 2.05) is 6.07 Å². The van der Waals surface area contributed by atoms with Crippen LogP contribution in [0.15, 0.2) is 36.5 Å². The van der Waals surface area contributed by atoms with Crippen molar-refractivity contribution in [3.05, 3.63) is 64.5 Å². The van der Waals surface area contributed by atoms with Crippen LogP contribution in [0, 0.1) is 18.8 Å². The van der Waals surface area contributed by atoms with Crippen LogP contribution < -0.4 is 11.1 Å². The van der Waals surface area contributed by atoms with Gasteiger partial charge in [0, 0.05) is 30.8 Å². The van der Waals surface area contributed by atoms with Crippen LogP contribution in [0.2, 0.25) is 0 Å². The smallest absolute Gasteiger partial charge is 0.335 e. The molecule has 0 amide bonds. The number of aryl methyl sites for hydroxylation is 2. The number of nitrogens with one attached hydrogen (secondary N) is 1. The van der Waals surface area contributed by atoms with Crippen molar-refractivity contribution in [2.45, 2.75) is 13.3 Å². The molecule has 0 aliphatic rings. The van der Waals surface area contributed by atoms with Crippen LogP contribution in [0.3, 0.4) is 0 Å². The zero-order valence-electron chi connectivity index (χ0n) is 16.5. The lowest BCUT2D eigenvalue weighted by Crippen LogP contribution is -2.06. The molecule has 0 atom stereocenters. The average molecular weight is 405 g/mol. The molecular weight excluding hydrogens is 385 g/mol. The number of anilines is 2. The first-order valence-corrected chi connectivity index (χ1v) is 9.15. The van der Waals surface area contributed by atoms with Crippen LogP contribution in [0.5, 0.6) is 0 Å². The molecule has 0 saturated heterocycles. The maximum absolute atomic E-state index is 13.2. The first-order chi connectivity index (χ1) is 14.4. The Hall–Kier alpha value is -3.99. The molecule has 8 heteroatoms. The van der Waals surface area contributed by atoms with Gasteiger partial charge in [-0.25, -0.2) is 19.7 Å². The normalized spacial score (nSPS) is 10.2. The van der Waals surface area contributed by atoms with Crippen LogP contribution in [-0.2, 0) is 6.42 Å². The first kappa shape index (κ1) is 20.7. The number of nitrogens with two attached hydrogens (primary N) is 1. The molecule has 0 bridgehead atoms. The number of halogens is 1. The number of nitrogen functional groups attached to an aromatic ring is 1. The van der Waals surface area contributed by atoms with Crippen LogP contribution in [0.4, 0.5) is 16.2 Å². The molecule has 0 saturated carbocycles. The van der Waals surface area contributed by atoms with Gasteiger partial charge in [-0.3, -0.25) is 4.39 Å². The molecule has 0 spiro atoms. The number of hydrogen-bond acceptors (Lipinski definition) is 6. The molecule has 2 heterocycles. The number of carboxylic acid groups (broad SMARTS) is 1. The third-order valence-corrected chi connectivity index (χ3v) is 4.43. The number of aromatic carboxylic acids is 1. The Bertz CT molecular complexity index is 1150. The van der Waals surface area contributed by atoms with E-state index in [9.17, 15) is 14.3 Å². The maximum atomic E-state index is 13.2. The van der Waals surface area contributed by atoms with Gasteiger partial charge in [0.15, 0.2) is 0 Å². The molecule has 0 aliphatic heterocycles. The second-order valence-corrected chi connectivity index (χ2v) is 6.44. The fraction of sp³-hybridized carbons (Fsp3) is 0.182. The summed E-state index contributed by atoms with van der Waals surface area (Å²) in [6.45, 7) is 1.12. The van der Waals surface area contributed by atoms with Gasteiger partial charge in [0.05, 0.1) is 29.2 Å². The molecule has 0 aliphatic carbocycles. The van der Waals surface area contributed by atoms with Gasteiger partial charge in [-0.2, -0.15) is 0 Å². The Morgan fingerprint density at radius 1 is 1.23 bits per heavy atom. The van der Waals surface area contributed by atoms with Gasteiger partial charge in [-0.15, -0.1) is 0 Å². The van der Waals surface area contributed by atoms with Crippen LogP contribution in [0.1, 0.15) is 32.7 Å². The van der Waals surface area contributed by atoms with Crippen molar-refractivity contribution >= 4 is 17.7 Å². The van der Waals surface area contributed by atoms with Gasteiger partial charge in [0.1, 0.15) is 5.82 Å². The standard InChI is InChI=1S/C22H20FN5O2/c1-13-17(6-3-14-4-8-19(25-2)26-12-14)20(28-22(24)27-13)18-7-5-16(21(29)30)11-15(18)9-10-23/h4-5,7-8,11-12H,9-10H2,1-2H3,(H,25,26)(H,29,30)(H2,24,27,28). The molecule has 0 unspecified atom stereocenters. The number of carbonyl (C=O) groups is 1. The van der Waals surface area contributed by atoms with Crippen molar-refractivity contribution in [1.29, 1.82) is 0 Å². The number of alkyl halides is 1. The van der Waals surface area contributed by atoms with E-state index in [1.165, 1.54) is 12.1 Å². The Morgan fingerprint density at radius 3 is 2.67 bits per heavy atom. The summed E-state index contributed by atoms with van der Waals surface area (Å²) >= 11 is 0. The van der Waals surface area contributed by atoms with Crippen molar-refractivity contribution in [3.8, 4) is 23.1 Å². The van der Waals surface area contributed by atoms with E-state index in [0.717, 1.165) is 5.82 Å². The third kappa shape index (κ3) is 4.52. The van der Waals surface area contributed by atoms with Gasteiger partial charge in [0.25, 0.3) is 0 Å². The summed E-state index contributed by atoms with van der Waals surface area (Å²) in [6.07, 6.45) is 1.68. The van der Waals surface area contributed by atoms with Crippen molar-refractivity contribution < 1.29 is 14.3 Å². The van der Waals surface area contributed by atoms with E-state index in [4.69, 9.17) is 5.73 Å².